The van der Waals surface area contributed by atoms with Crippen LogP contribution in [0.3, 0.4) is 0 Å². The van der Waals surface area contributed by atoms with Crippen molar-refractivity contribution >= 4 is 18.1 Å². The number of ether oxygens (including phenoxy) is 2. The van der Waals surface area contributed by atoms with E-state index in [0.717, 1.165) is 24.3 Å². The van der Waals surface area contributed by atoms with Crippen molar-refractivity contribution in [3.63, 3.8) is 0 Å². The van der Waals surface area contributed by atoms with Crippen molar-refractivity contribution in [3.8, 4) is 17.6 Å². The highest BCUT2D eigenvalue weighted by atomic mass is 19.1. The molecule has 148 valence electrons. The van der Waals surface area contributed by atoms with Crippen LogP contribution in [0, 0.1) is 34.6 Å². The number of benzene rings is 2. The third kappa shape index (κ3) is 4.38. The Morgan fingerprint density at radius 2 is 1.41 bits per heavy atom. The summed E-state index contributed by atoms with van der Waals surface area (Å²) in [7, 11) is 0. The number of amides is 1. The fourth-order valence-corrected chi connectivity index (χ4v) is 2.64. The summed E-state index contributed by atoms with van der Waals surface area (Å²) in [5.74, 6) is -3.65. The summed E-state index contributed by atoms with van der Waals surface area (Å²) in [6.07, 6.45) is 2.75. The lowest BCUT2D eigenvalue weighted by atomic mass is 10.1. The third-order valence-corrected chi connectivity index (χ3v) is 3.94. The van der Waals surface area contributed by atoms with Gasteiger partial charge in [0, 0.05) is 23.3 Å². The zero-order valence-electron chi connectivity index (χ0n) is 14.6. The Morgan fingerprint density at radius 3 is 1.93 bits per heavy atom. The average molecular weight is 404 g/mol. The van der Waals surface area contributed by atoms with Crippen molar-refractivity contribution in [2.45, 2.75) is 0 Å². The highest BCUT2D eigenvalue weighted by molar-refractivity contribution is 5.97. The van der Waals surface area contributed by atoms with Crippen molar-refractivity contribution in [1.29, 1.82) is 5.26 Å². The summed E-state index contributed by atoms with van der Waals surface area (Å²) in [5.41, 5.74) is 6.02. The van der Waals surface area contributed by atoms with E-state index in [-0.39, 0.29) is 41.4 Å². The highest BCUT2D eigenvalue weighted by Crippen LogP contribution is 2.31. The number of carbonyl (C=O) groups is 1. The molecule has 0 bridgehead atoms. The molecule has 0 fully saturated rings. The molecule has 0 aliphatic carbocycles. The van der Waals surface area contributed by atoms with Gasteiger partial charge in [-0.2, -0.15) is 5.26 Å². The second-order valence-electron chi connectivity index (χ2n) is 6.00. The van der Waals surface area contributed by atoms with Gasteiger partial charge in [-0.05, 0) is 24.3 Å². The second kappa shape index (κ2) is 8.06. The van der Waals surface area contributed by atoms with Crippen molar-refractivity contribution in [2.24, 2.45) is 5.73 Å². The molecule has 0 atom stereocenters. The molecular weight excluding hydrogens is 392 g/mol. The van der Waals surface area contributed by atoms with E-state index in [4.69, 9.17) is 20.5 Å². The summed E-state index contributed by atoms with van der Waals surface area (Å²) >= 11 is 0. The molecule has 0 saturated carbocycles. The molecule has 9 heteroatoms. The number of hydrogen-bond donors (Lipinski definition) is 1. The van der Waals surface area contributed by atoms with E-state index in [0.29, 0.717) is 5.57 Å². The third-order valence-electron chi connectivity index (χ3n) is 3.94. The number of hydrogen-bond acceptors (Lipinski definition) is 4. The molecule has 29 heavy (non-hydrogen) atoms. The van der Waals surface area contributed by atoms with E-state index < -0.39 is 29.2 Å². The minimum absolute atomic E-state index is 0.00500. The lowest BCUT2D eigenvalue weighted by Crippen LogP contribution is -2.21. The zero-order chi connectivity index (χ0) is 21.1. The maximum Gasteiger partial charge on any atom is 0.248 e. The van der Waals surface area contributed by atoms with Gasteiger partial charge in [-0.15, -0.1) is 0 Å². The van der Waals surface area contributed by atoms with Crippen LogP contribution in [0.4, 0.5) is 17.6 Å². The topological polar surface area (TPSA) is 85.3 Å². The molecule has 2 aromatic carbocycles. The summed E-state index contributed by atoms with van der Waals surface area (Å²) in [6.45, 7) is -0.0586. The van der Waals surface area contributed by atoms with Crippen LogP contribution in [0.5, 0.6) is 11.5 Å². The lowest BCUT2D eigenvalue weighted by Gasteiger charge is -2.16. The minimum atomic E-state index is -0.787. The predicted octanol–water partition coefficient (Wildman–Crippen LogP) is 3.49. The Hall–Kier alpha value is -3.80. The number of fused-ring (bicyclic) bond motifs is 2. The maximum absolute atomic E-state index is 13.1. The normalized spacial score (nSPS) is 13.8. The SMILES string of the molecule is N#CC1=Cc2cc(F)cc(F)c2OC1.NC(=O)C1=Cc2cc(F)cc(F)c2OC1. The van der Waals surface area contributed by atoms with E-state index in [2.05, 4.69) is 0 Å². The lowest BCUT2D eigenvalue weighted by molar-refractivity contribution is -0.114. The van der Waals surface area contributed by atoms with Crippen molar-refractivity contribution in [2.75, 3.05) is 13.2 Å². The molecule has 2 aromatic rings. The summed E-state index contributed by atoms with van der Waals surface area (Å²) < 4.78 is 61.8. The fraction of sp³-hybridized carbons (Fsp3) is 0.100. The van der Waals surface area contributed by atoms with Gasteiger partial charge in [0.15, 0.2) is 23.1 Å². The molecule has 0 aromatic heterocycles. The van der Waals surface area contributed by atoms with Gasteiger partial charge < -0.3 is 15.2 Å². The van der Waals surface area contributed by atoms with Crippen LogP contribution < -0.4 is 15.2 Å². The summed E-state index contributed by atoms with van der Waals surface area (Å²) in [6, 6.07) is 5.57. The Bertz CT molecular complexity index is 1100. The smallest absolute Gasteiger partial charge is 0.248 e. The average Bonchev–Trinajstić information content (AvgIpc) is 2.67. The van der Waals surface area contributed by atoms with Gasteiger partial charge in [-0.25, -0.2) is 17.6 Å². The van der Waals surface area contributed by atoms with Crippen molar-refractivity contribution in [1.82, 2.24) is 0 Å². The van der Waals surface area contributed by atoms with Crippen LogP contribution in [0.15, 0.2) is 35.4 Å². The maximum atomic E-state index is 13.1. The number of primary amides is 1. The standard InChI is InChI=1S/C10H7F2NO2.C10H5F2NO/c11-7-2-5-1-6(10(13)14)4-15-9(5)8(12)3-7;11-8-2-7-1-6(4-13)5-14-10(7)9(12)3-8/h1-3H,4H2,(H2,13,14);1-3H,5H2. The fourth-order valence-electron chi connectivity index (χ4n) is 2.64. The van der Waals surface area contributed by atoms with Crippen LogP contribution in [0.25, 0.3) is 12.2 Å². The number of carbonyl (C=O) groups excluding carboxylic acids is 1. The van der Waals surface area contributed by atoms with Gasteiger partial charge in [0.1, 0.15) is 24.8 Å². The number of nitrogens with zero attached hydrogens (tertiary/aromatic N) is 1. The Kier molecular flexibility index (Phi) is 5.54. The van der Waals surface area contributed by atoms with Gasteiger partial charge >= 0.3 is 0 Å². The first-order valence-electron chi connectivity index (χ1n) is 8.13. The van der Waals surface area contributed by atoms with Gasteiger partial charge in [0.05, 0.1) is 17.2 Å². The molecule has 5 nitrogen and oxygen atoms in total. The molecule has 1 amide bonds. The quantitative estimate of drug-likeness (QED) is 0.738. The molecule has 0 spiro atoms. The van der Waals surface area contributed by atoms with E-state index in [1.54, 1.807) is 0 Å². The molecule has 0 unspecified atom stereocenters. The van der Waals surface area contributed by atoms with E-state index in [1.165, 1.54) is 12.2 Å². The van der Waals surface area contributed by atoms with Gasteiger partial charge in [-0.3, -0.25) is 4.79 Å². The number of nitrogens with two attached hydrogens (primary N) is 1. The van der Waals surface area contributed by atoms with Gasteiger partial charge in [0.25, 0.3) is 0 Å². The first kappa shape index (κ1) is 19.9. The van der Waals surface area contributed by atoms with Crippen LogP contribution >= 0.6 is 0 Å². The number of halogens is 4. The Balaban J connectivity index is 0.000000166. The predicted molar refractivity (Wildman–Crippen MR) is 94.5 cm³/mol. The highest BCUT2D eigenvalue weighted by Gasteiger charge is 2.19. The summed E-state index contributed by atoms with van der Waals surface area (Å²) in [4.78, 5) is 10.8. The van der Waals surface area contributed by atoms with Crippen LogP contribution in [-0.2, 0) is 4.79 Å². The number of nitriles is 1. The van der Waals surface area contributed by atoms with E-state index >= 15 is 0 Å². The molecular formula is C20H12F4N2O3. The first-order valence-corrected chi connectivity index (χ1v) is 8.13. The summed E-state index contributed by atoms with van der Waals surface area (Å²) in [5, 5.41) is 8.57. The first-order chi connectivity index (χ1) is 13.8. The molecule has 4 rings (SSSR count). The molecule has 2 aliphatic heterocycles. The van der Waals surface area contributed by atoms with E-state index in [1.807, 2.05) is 6.07 Å². The van der Waals surface area contributed by atoms with Gasteiger partial charge in [-0.1, -0.05) is 0 Å². The Labute approximate surface area is 162 Å². The van der Waals surface area contributed by atoms with Crippen molar-refractivity contribution in [3.05, 3.63) is 69.8 Å². The van der Waals surface area contributed by atoms with Crippen LogP contribution in [0.2, 0.25) is 0 Å². The zero-order valence-corrected chi connectivity index (χ0v) is 14.6. The van der Waals surface area contributed by atoms with Gasteiger partial charge in [0.2, 0.25) is 5.91 Å². The minimum Gasteiger partial charge on any atom is -0.485 e. The molecule has 0 saturated heterocycles. The Morgan fingerprint density at radius 1 is 0.897 bits per heavy atom. The van der Waals surface area contributed by atoms with Crippen LogP contribution in [0.1, 0.15) is 11.1 Å². The molecule has 2 aliphatic rings. The monoisotopic (exact) mass is 404 g/mol. The second-order valence-corrected chi connectivity index (χ2v) is 6.00. The molecule has 2 heterocycles. The molecule has 0 radical (unpaired) electrons. The number of rotatable bonds is 1. The van der Waals surface area contributed by atoms with Crippen molar-refractivity contribution < 1.29 is 31.8 Å². The van der Waals surface area contributed by atoms with E-state index in [9.17, 15) is 22.4 Å². The largest absolute Gasteiger partial charge is 0.485 e. The molecule has 2 N–H and O–H groups in total. The van der Waals surface area contributed by atoms with Crippen LogP contribution in [-0.4, -0.2) is 19.1 Å².